The van der Waals surface area contributed by atoms with Crippen LogP contribution in [0.15, 0.2) is 30.5 Å². The van der Waals surface area contributed by atoms with Crippen molar-refractivity contribution < 1.29 is 9.53 Å². The van der Waals surface area contributed by atoms with Crippen LogP contribution >= 0.6 is 0 Å². The fraction of sp³-hybridized carbons (Fsp3) is 0.438. The van der Waals surface area contributed by atoms with E-state index in [-0.39, 0.29) is 5.91 Å². The van der Waals surface area contributed by atoms with E-state index in [1.54, 1.807) is 0 Å². The fourth-order valence-corrected chi connectivity index (χ4v) is 2.89. The monoisotopic (exact) mass is 272 g/mol. The molecule has 4 nitrogen and oxygen atoms in total. The topological polar surface area (TPSA) is 54.1 Å². The number of amides is 1. The van der Waals surface area contributed by atoms with E-state index in [1.165, 1.54) is 0 Å². The van der Waals surface area contributed by atoms with Gasteiger partial charge < -0.3 is 15.0 Å². The average molecular weight is 272 g/mol. The number of benzene rings is 1. The Morgan fingerprint density at radius 1 is 1.45 bits per heavy atom. The van der Waals surface area contributed by atoms with Crippen molar-refractivity contribution in [1.82, 2.24) is 10.3 Å². The predicted octanol–water partition coefficient (Wildman–Crippen LogP) is 2.71. The third kappa shape index (κ3) is 2.56. The van der Waals surface area contributed by atoms with E-state index in [4.69, 9.17) is 4.74 Å². The van der Waals surface area contributed by atoms with E-state index in [9.17, 15) is 4.79 Å². The summed E-state index contributed by atoms with van der Waals surface area (Å²) in [5.74, 6) is 0.432. The standard InChI is InChI=1S/C16H20N2O2/c1-2-15-13(6-8-20-15)10-18-16(19)12-4-3-11-5-7-17-14(11)9-12/h3-5,7,9,13,15,17H,2,6,8,10H2,1H3,(H,18,19). The van der Waals surface area contributed by atoms with Crippen LogP contribution in [0.2, 0.25) is 0 Å². The second-order valence-electron chi connectivity index (χ2n) is 5.36. The van der Waals surface area contributed by atoms with Gasteiger partial charge in [0.1, 0.15) is 0 Å². The first-order chi connectivity index (χ1) is 9.78. The van der Waals surface area contributed by atoms with E-state index in [2.05, 4.69) is 17.2 Å². The SMILES string of the molecule is CCC1OCCC1CNC(=O)c1ccc2cc[nH]c2c1. The van der Waals surface area contributed by atoms with Gasteiger partial charge in [0.2, 0.25) is 0 Å². The van der Waals surface area contributed by atoms with Gasteiger partial charge in [-0.2, -0.15) is 0 Å². The molecule has 0 saturated carbocycles. The van der Waals surface area contributed by atoms with Crippen molar-refractivity contribution in [3.8, 4) is 0 Å². The number of hydrogen-bond donors (Lipinski definition) is 2. The van der Waals surface area contributed by atoms with Crippen LogP contribution in [0, 0.1) is 5.92 Å². The molecule has 2 aromatic rings. The van der Waals surface area contributed by atoms with Crippen LogP contribution in [-0.4, -0.2) is 30.1 Å². The van der Waals surface area contributed by atoms with Crippen molar-refractivity contribution in [3.05, 3.63) is 36.0 Å². The maximum Gasteiger partial charge on any atom is 0.251 e. The molecule has 106 valence electrons. The highest BCUT2D eigenvalue weighted by Gasteiger charge is 2.26. The number of aromatic nitrogens is 1. The summed E-state index contributed by atoms with van der Waals surface area (Å²) in [7, 11) is 0. The van der Waals surface area contributed by atoms with Gasteiger partial charge in [-0.05, 0) is 36.4 Å². The van der Waals surface area contributed by atoms with Crippen molar-refractivity contribution in [2.24, 2.45) is 5.92 Å². The number of H-pyrrole nitrogens is 1. The molecular formula is C16H20N2O2. The lowest BCUT2D eigenvalue weighted by atomic mass is 9.99. The molecule has 3 rings (SSSR count). The first-order valence-corrected chi connectivity index (χ1v) is 7.25. The third-order valence-corrected chi connectivity index (χ3v) is 4.09. The summed E-state index contributed by atoms with van der Waals surface area (Å²) in [6.45, 7) is 3.64. The molecule has 1 aliphatic heterocycles. The quantitative estimate of drug-likeness (QED) is 0.899. The molecule has 20 heavy (non-hydrogen) atoms. The average Bonchev–Trinajstić information content (AvgIpc) is 3.12. The maximum absolute atomic E-state index is 12.2. The van der Waals surface area contributed by atoms with Gasteiger partial charge in [0.05, 0.1) is 6.10 Å². The molecule has 1 aliphatic rings. The van der Waals surface area contributed by atoms with Crippen LogP contribution in [0.5, 0.6) is 0 Å². The Kier molecular flexibility index (Phi) is 3.74. The van der Waals surface area contributed by atoms with Gasteiger partial charge in [-0.1, -0.05) is 13.0 Å². The largest absolute Gasteiger partial charge is 0.378 e. The van der Waals surface area contributed by atoms with E-state index < -0.39 is 0 Å². The second-order valence-corrected chi connectivity index (χ2v) is 5.36. The molecule has 2 atom stereocenters. The van der Waals surface area contributed by atoms with Gasteiger partial charge in [0.25, 0.3) is 5.91 Å². The zero-order valence-electron chi connectivity index (χ0n) is 11.7. The van der Waals surface area contributed by atoms with E-state index in [1.807, 2.05) is 30.5 Å². The number of rotatable bonds is 4. The Morgan fingerprint density at radius 2 is 2.35 bits per heavy atom. The second kappa shape index (κ2) is 5.67. The molecule has 1 saturated heterocycles. The summed E-state index contributed by atoms with van der Waals surface area (Å²) in [5, 5.41) is 4.15. The molecule has 1 aromatic carbocycles. The number of hydrogen-bond acceptors (Lipinski definition) is 2. The summed E-state index contributed by atoms with van der Waals surface area (Å²) in [4.78, 5) is 15.3. The van der Waals surface area contributed by atoms with Crippen LogP contribution in [0.1, 0.15) is 30.1 Å². The Bertz CT molecular complexity index is 605. The van der Waals surface area contributed by atoms with Crippen LogP contribution in [0.4, 0.5) is 0 Å². The van der Waals surface area contributed by atoms with Crippen LogP contribution < -0.4 is 5.32 Å². The first kappa shape index (κ1) is 13.2. The van der Waals surface area contributed by atoms with E-state index >= 15 is 0 Å². The van der Waals surface area contributed by atoms with Gasteiger partial charge in [0.15, 0.2) is 0 Å². The molecule has 0 radical (unpaired) electrons. The maximum atomic E-state index is 12.2. The summed E-state index contributed by atoms with van der Waals surface area (Å²) < 4.78 is 5.64. The number of ether oxygens (including phenoxy) is 1. The number of aromatic amines is 1. The smallest absolute Gasteiger partial charge is 0.251 e. The lowest BCUT2D eigenvalue weighted by molar-refractivity contribution is 0.0827. The molecule has 1 aromatic heterocycles. The van der Waals surface area contributed by atoms with Crippen LogP contribution in [0.3, 0.4) is 0 Å². The van der Waals surface area contributed by atoms with Crippen molar-refractivity contribution in [2.45, 2.75) is 25.9 Å². The minimum Gasteiger partial charge on any atom is -0.378 e. The van der Waals surface area contributed by atoms with Crippen molar-refractivity contribution >= 4 is 16.8 Å². The Balaban J connectivity index is 1.63. The summed E-state index contributed by atoms with van der Waals surface area (Å²) >= 11 is 0. The minimum atomic E-state index is -0.0109. The highest BCUT2D eigenvalue weighted by atomic mass is 16.5. The fourth-order valence-electron chi connectivity index (χ4n) is 2.89. The van der Waals surface area contributed by atoms with Gasteiger partial charge in [-0.25, -0.2) is 0 Å². The van der Waals surface area contributed by atoms with Gasteiger partial charge in [0, 0.05) is 36.3 Å². The molecule has 1 amide bonds. The number of carbonyl (C=O) groups is 1. The molecule has 0 bridgehead atoms. The zero-order chi connectivity index (χ0) is 13.9. The van der Waals surface area contributed by atoms with Gasteiger partial charge in [-0.15, -0.1) is 0 Å². The van der Waals surface area contributed by atoms with Crippen LogP contribution in [0.25, 0.3) is 10.9 Å². The Labute approximate surface area is 118 Å². The van der Waals surface area contributed by atoms with Crippen LogP contribution in [-0.2, 0) is 4.74 Å². The van der Waals surface area contributed by atoms with Gasteiger partial charge >= 0.3 is 0 Å². The molecular weight excluding hydrogens is 252 g/mol. The number of fused-ring (bicyclic) bond motifs is 1. The molecule has 1 fully saturated rings. The van der Waals surface area contributed by atoms with Crippen molar-refractivity contribution in [1.29, 1.82) is 0 Å². The molecule has 2 unspecified atom stereocenters. The molecule has 0 spiro atoms. The lowest BCUT2D eigenvalue weighted by Gasteiger charge is -2.17. The van der Waals surface area contributed by atoms with E-state index in [0.717, 1.165) is 30.4 Å². The Hall–Kier alpha value is -1.81. The van der Waals surface area contributed by atoms with E-state index in [0.29, 0.717) is 24.1 Å². The highest BCUT2D eigenvalue weighted by Crippen LogP contribution is 2.22. The summed E-state index contributed by atoms with van der Waals surface area (Å²) in [6.07, 6.45) is 4.22. The lowest BCUT2D eigenvalue weighted by Crippen LogP contribution is -2.32. The van der Waals surface area contributed by atoms with Gasteiger partial charge in [-0.3, -0.25) is 4.79 Å². The molecule has 4 heteroatoms. The molecule has 2 N–H and O–H groups in total. The summed E-state index contributed by atoms with van der Waals surface area (Å²) in [5.41, 5.74) is 1.69. The molecule has 0 aliphatic carbocycles. The highest BCUT2D eigenvalue weighted by molar-refractivity contribution is 5.97. The zero-order valence-corrected chi connectivity index (χ0v) is 11.7. The van der Waals surface area contributed by atoms with Crippen molar-refractivity contribution in [3.63, 3.8) is 0 Å². The minimum absolute atomic E-state index is 0.0109. The van der Waals surface area contributed by atoms with Crippen molar-refractivity contribution in [2.75, 3.05) is 13.2 Å². The third-order valence-electron chi connectivity index (χ3n) is 4.09. The number of nitrogens with one attached hydrogen (secondary N) is 2. The molecule has 2 heterocycles. The Morgan fingerprint density at radius 3 is 3.20 bits per heavy atom. The number of carbonyl (C=O) groups excluding carboxylic acids is 1. The first-order valence-electron chi connectivity index (χ1n) is 7.25. The normalized spacial score (nSPS) is 22.2. The summed E-state index contributed by atoms with van der Waals surface area (Å²) in [6, 6.07) is 7.73. The predicted molar refractivity (Wildman–Crippen MR) is 78.8 cm³/mol.